The number of nitrogens with one attached hydrogen (secondary N) is 1. The summed E-state index contributed by atoms with van der Waals surface area (Å²) in [5.74, 6) is 0.605. The lowest BCUT2D eigenvalue weighted by Gasteiger charge is -2.32. The third-order valence-electron chi connectivity index (χ3n) is 6.28. The molecule has 0 spiro atoms. The van der Waals surface area contributed by atoms with Gasteiger partial charge < -0.3 is 14.6 Å². The van der Waals surface area contributed by atoms with E-state index in [1.807, 2.05) is 11.6 Å². The van der Waals surface area contributed by atoms with Crippen molar-refractivity contribution in [3.63, 3.8) is 0 Å². The smallest absolute Gasteiger partial charge is 0.409 e. The van der Waals surface area contributed by atoms with Crippen molar-refractivity contribution in [2.45, 2.75) is 45.3 Å². The van der Waals surface area contributed by atoms with E-state index in [9.17, 15) is 9.18 Å². The highest BCUT2D eigenvalue weighted by Gasteiger charge is 2.28. The lowest BCUT2D eigenvalue weighted by atomic mass is 10.0. The van der Waals surface area contributed by atoms with Gasteiger partial charge in [-0.15, -0.1) is 5.10 Å². The van der Waals surface area contributed by atoms with Gasteiger partial charge in [0.15, 0.2) is 5.82 Å². The average molecular weight is 427 g/mol. The van der Waals surface area contributed by atoms with Crippen LogP contribution in [0.5, 0.6) is 0 Å². The lowest BCUT2D eigenvalue weighted by molar-refractivity contribution is 0.0906. The number of H-pyrrole nitrogens is 1. The van der Waals surface area contributed by atoms with Crippen molar-refractivity contribution in [1.82, 2.24) is 35.0 Å². The monoisotopic (exact) mass is 427 g/mol. The van der Waals surface area contributed by atoms with Crippen LogP contribution in [0, 0.1) is 5.82 Å². The first kappa shape index (κ1) is 19.9. The number of halogens is 1. The van der Waals surface area contributed by atoms with Crippen LogP contribution in [0.2, 0.25) is 0 Å². The van der Waals surface area contributed by atoms with Crippen LogP contribution in [0.3, 0.4) is 0 Å². The van der Waals surface area contributed by atoms with Crippen molar-refractivity contribution in [2.24, 2.45) is 0 Å². The van der Waals surface area contributed by atoms with Gasteiger partial charge in [-0.1, -0.05) is 0 Å². The number of rotatable bonds is 4. The van der Waals surface area contributed by atoms with E-state index < -0.39 is 0 Å². The minimum Gasteiger partial charge on any atom is -0.450 e. The van der Waals surface area contributed by atoms with E-state index in [2.05, 4.69) is 25.4 Å². The number of aromatic amines is 1. The Morgan fingerprint density at radius 3 is 2.94 bits per heavy atom. The summed E-state index contributed by atoms with van der Waals surface area (Å²) in [6.45, 7) is 5.72. The molecule has 0 saturated carbocycles. The van der Waals surface area contributed by atoms with Gasteiger partial charge in [0.1, 0.15) is 5.82 Å². The van der Waals surface area contributed by atoms with Crippen LogP contribution < -0.4 is 0 Å². The zero-order valence-corrected chi connectivity index (χ0v) is 17.6. The molecule has 1 saturated heterocycles. The Balaban J connectivity index is 1.27. The number of hydrogen-bond donors (Lipinski definition) is 1. The zero-order valence-electron chi connectivity index (χ0n) is 17.6. The van der Waals surface area contributed by atoms with E-state index >= 15 is 0 Å². The topological polar surface area (TPSA) is 92.2 Å². The summed E-state index contributed by atoms with van der Waals surface area (Å²) < 4.78 is 20.8. The molecule has 2 aliphatic rings. The SMILES string of the molecule is CCOC(=O)N1CCC(n2nnnc2CN2CCc3[nH]c4ccc(F)cc4c3C2)CC1. The lowest BCUT2D eigenvalue weighted by Crippen LogP contribution is -2.40. The standard InChI is InChI=1S/C21H26FN7O2/c1-2-31-21(30)28-9-5-15(6-10-28)29-20(24-25-26-29)13-27-8-7-19-17(12-27)16-11-14(22)3-4-18(16)23-19/h3-4,11,15,23H,2,5-10,12-13H2,1H3. The number of ether oxygens (including phenoxy) is 1. The van der Waals surface area contributed by atoms with Gasteiger partial charge in [-0.3, -0.25) is 4.90 Å². The maximum absolute atomic E-state index is 13.8. The molecule has 4 heterocycles. The maximum atomic E-state index is 13.8. The molecule has 1 fully saturated rings. The van der Waals surface area contributed by atoms with E-state index in [1.54, 1.807) is 17.0 Å². The van der Waals surface area contributed by atoms with Crippen LogP contribution in [-0.2, 0) is 24.2 Å². The van der Waals surface area contributed by atoms with E-state index in [0.717, 1.165) is 54.6 Å². The minimum atomic E-state index is -0.253. The summed E-state index contributed by atoms with van der Waals surface area (Å²) >= 11 is 0. The number of tetrazole rings is 1. The van der Waals surface area contributed by atoms with Crippen molar-refractivity contribution in [3.8, 4) is 0 Å². The number of benzene rings is 1. The molecular formula is C21H26FN7O2. The van der Waals surface area contributed by atoms with E-state index in [4.69, 9.17) is 4.74 Å². The van der Waals surface area contributed by atoms with Crippen molar-refractivity contribution in [1.29, 1.82) is 0 Å². The molecule has 0 aliphatic carbocycles. The first-order valence-electron chi connectivity index (χ1n) is 10.8. The Labute approximate surface area is 179 Å². The molecule has 1 amide bonds. The second-order valence-electron chi connectivity index (χ2n) is 8.19. The fourth-order valence-electron chi connectivity index (χ4n) is 4.69. The Kier molecular flexibility index (Phi) is 5.31. The fraction of sp³-hybridized carbons (Fsp3) is 0.524. The van der Waals surface area contributed by atoms with Crippen molar-refractivity contribution in [2.75, 3.05) is 26.2 Å². The van der Waals surface area contributed by atoms with Crippen LogP contribution >= 0.6 is 0 Å². The Morgan fingerprint density at radius 1 is 1.29 bits per heavy atom. The zero-order chi connectivity index (χ0) is 21.4. The summed E-state index contributed by atoms with van der Waals surface area (Å²) in [7, 11) is 0. The molecule has 3 aromatic rings. The number of carbonyl (C=O) groups excluding carboxylic acids is 1. The largest absolute Gasteiger partial charge is 0.450 e. The van der Waals surface area contributed by atoms with E-state index in [1.165, 1.54) is 11.8 Å². The fourth-order valence-corrected chi connectivity index (χ4v) is 4.69. The second-order valence-corrected chi connectivity index (χ2v) is 8.19. The van der Waals surface area contributed by atoms with Crippen LogP contribution in [0.15, 0.2) is 18.2 Å². The molecule has 10 heteroatoms. The summed E-state index contributed by atoms with van der Waals surface area (Å²) in [5, 5.41) is 13.4. The van der Waals surface area contributed by atoms with Gasteiger partial charge in [0.05, 0.1) is 19.2 Å². The summed E-state index contributed by atoms with van der Waals surface area (Å²) in [4.78, 5) is 19.4. The van der Waals surface area contributed by atoms with E-state index in [0.29, 0.717) is 26.2 Å². The molecule has 1 aromatic carbocycles. The molecular weight excluding hydrogens is 401 g/mol. The molecule has 0 unspecified atom stereocenters. The second kappa shape index (κ2) is 8.26. The highest BCUT2D eigenvalue weighted by Crippen LogP contribution is 2.29. The molecule has 5 rings (SSSR count). The predicted octanol–water partition coefficient (Wildman–Crippen LogP) is 2.65. The first-order chi connectivity index (χ1) is 15.1. The van der Waals surface area contributed by atoms with Gasteiger partial charge in [0.25, 0.3) is 0 Å². The molecule has 0 atom stereocenters. The molecule has 0 radical (unpaired) electrons. The molecule has 31 heavy (non-hydrogen) atoms. The minimum absolute atomic E-state index is 0.165. The van der Waals surface area contributed by atoms with Crippen molar-refractivity contribution < 1.29 is 13.9 Å². The number of aromatic nitrogens is 5. The predicted molar refractivity (Wildman–Crippen MR) is 111 cm³/mol. The molecule has 9 nitrogen and oxygen atoms in total. The normalized spacial score (nSPS) is 17.8. The van der Waals surface area contributed by atoms with Gasteiger partial charge in [-0.25, -0.2) is 13.9 Å². The molecule has 2 aliphatic heterocycles. The Bertz CT molecular complexity index is 1090. The number of carbonyl (C=O) groups is 1. The maximum Gasteiger partial charge on any atom is 0.409 e. The highest BCUT2D eigenvalue weighted by atomic mass is 19.1. The number of likely N-dealkylation sites (tertiary alicyclic amines) is 1. The van der Waals surface area contributed by atoms with Gasteiger partial charge >= 0.3 is 6.09 Å². The number of fused-ring (bicyclic) bond motifs is 3. The average Bonchev–Trinajstić information content (AvgIpc) is 3.38. The molecule has 164 valence electrons. The van der Waals surface area contributed by atoms with Crippen LogP contribution in [0.4, 0.5) is 9.18 Å². The number of nitrogens with zero attached hydrogens (tertiary/aromatic N) is 6. The highest BCUT2D eigenvalue weighted by molar-refractivity contribution is 5.85. The van der Waals surface area contributed by atoms with Gasteiger partial charge in [-0.05, 0) is 54.0 Å². The number of amides is 1. The Hall–Kier alpha value is -3.01. The number of piperidine rings is 1. The van der Waals surface area contributed by atoms with E-state index in [-0.39, 0.29) is 18.0 Å². The third-order valence-corrected chi connectivity index (χ3v) is 6.28. The number of hydrogen-bond acceptors (Lipinski definition) is 6. The molecule has 0 bridgehead atoms. The van der Waals surface area contributed by atoms with Crippen LogP contribution in [0.1, 0.15) is 42.9 Å². The Morgan fingerprint density at radius 2 is 2.13 bits per heavy atom. The van der Waals surface area contributed by atoms with Gasteiger partial charge in [0.2, 0.25) is 0 Å². The van der Waals surface area contributed by atoms with Crippen LogP contribution in [0.25, 0.3) is 10.9 Å². The quantitative estimate of drug-likeness (QED) is 0.688. The third kappa shape index (κ3) is 3.87. The molecule has 2 aromatic heterocycles. The van der Waals surface area contributed by atoms with Gasteiger partial charge in [-0.2, -0.15) is 0 Å². The summed E-state index contributed by atoms with van der Waals surface area (Å²) in [5.41, 5.74) is 3.32. The molecule has 1 N–H and O–H groups in total. The van der Waals surface area contributed by atoms with Gasteiger partial charge in [0, 0.05) is 49.2 Å². The van der Waals surface area contributed by atoms with Crippen LogP contribution in [-0.4, -0.2) is 67.3 Å². The summed E-state index contributed by atoms with van der Waals surface area (Å²) in [6.07, 6.45) is 2.22. The first-order valence-corrected chi connectivity index (χ1v) is 10.8. The van der Waals surface area contributed by atoms with Crippen molar-refractivity contribution in [3.05, 3.63) is 41.1 Å². The van der Waals surface area contributed by atoms with Crippen molar-refractivity contribution >= 4 is 17.0 Å². The summed E-state index contributed by atoms with van der Waals surface area (Å²) in [6, 6.07) is 5.06.